The van der Waals surface area contributed by atoms with Crippen molar-refractivity contribution < 1.29 is 4.79 Å². The average Bonchev–Trinajstić information content (AvgIpc) is 2.66. The Bertz CT molecular complexity index is 721. The summed E-state index contributed by atoms with van der Waals surface area (Å²) in [5.74, 6) is 0.772. The van der Waals surface area contributed by atoms with Gasteiger partial charge in [0.15, 0.2) is 0 Å². The van der Waals surface area contributed by atoms with Crippen LogP contribution in [0.25, 0.3) is 0 Å². The number of urea groups is 1. The zero-order chi connectivity index (χ0) is 18.4. The lowest BCUT2D eigenvalue weighted by Crippen LogP contribution is -2.34. The van der Waals surface area contributed by atoms with Crippen LogP contribution in [0.4, 0.5) is 10.5 Å². The molecule has 1 aliphatic heterocycles. The zero-order valence-electron chi connectivity index (χ0n) is 15.8. The predicted octanol–water partition coefficient (Wildman–Crippen LogP) is 4.20. The Kier molecular flexibility index (Phi) is 6.29. The van der Waals surface area contributed by atoms with Gasteiger partial charge >= 0.3 is 6.03 Å². The highest BCUT2D eigenvalue weighted by Crippen LogP contribution is 2.26. The van der Waals surface area contributed by atoms with Gasteiger partial charge in [-0.25, -0.2) is 4.79 Å². The van der Waals surface area contributed by atoms with Crippen molar-refractivity contribution in [2.24, 2.45) is 5.92 Å². The summed E-state index contributed by atoms with van der Waals surface area (Å²) >= 11 is 0. The molecule has 3 rings (SSSR count). The molecule has 26 heavy (non-hydrogen) atoms. The van der Waals surface area contributed by atoms with E-state index in [1.165, 1.54) is 36.0 Å². The van der Waals surface area contributed by atoms with Crippen LogP contribution >= 0.6 is 0 Å². The van der Waals surface area contributed by atoms with Gasteiger partial charge < -0.3 is 10.6 Å². The Morgan fingerprint density at radius 1 is 1.08 bits per heavy atom. The van der Waals surface area contributed by atoms with Crippen LogP contribution in [0.15, 0.2) is 48.5 Å². The van der Waals surface area contributed by atoms with Crippen molar-refractivity contribution in [2.45, 2.75) is 32.7 Å². The summed E-state index contributed by atoms with van der Waals surface area (Å²) in [5.41, 5.74) is 4.81. The van der Waals surface area contributed by atoms with Crippen LogP contribution < -0.4 is 10.6 Å². The van der Waals surface area contributed by atoms with E-state index in [2.05, 4.69) is 58.9 Å². The Morgan fingerprint density at radius 3 is 2.50 bits per heavy atom. The first kappa shape index (κ1) is 18.5. The molecule has 0 aliphatic carbocycles. The third-order valence-corrected chi connectivity index (χ3v) is 5.34. The summed E-state index contributed by atoms with van der Waals surface area (Å²) < 4.78 is 0. The Labute approximate surface area is 156 Å². The number of hydrogen-bond donors (Lipinski definition) is 2. The van der Waals surface area contributed by atoms with Crippen molar-refractivity contribution in [2.75, 3.05) is 25.5 Å². The summed E-state index contributed by atoms with van der Waals surface area (Å²) in [6.45, 7) is 5.24. The standard InChI is InChI=1S/C22H29N3O/c1-17-7-6-10-21(24-22(26)23-2)20(17)16-25-13-11-19(12-14-25)15-18-8-4-3-5-9-18/h3-10,19H,11-16H2,1-2H3,(H2,23,24,26). The van der Waals surface area contributed by atoms with Crippen molar-refractivity contribution in [1.82, 2.24) is 10.2 Å². The highest BCUT2D eigenvalue weighted by Gasteiger charge is 2.21. The lowest BCUT2D eigenvalue weighted by Gasteiger charge is -2.33. The summed E-state index contributed by atoms with van der Waals surface area (Å²) in [5, 5.41) is 5.58. The van der Waals surface area contributed by atoms with Crippen LogP contribution in [0.3, 0.4) is 0 Å². The third kappa shape index (κ3) is 4.85. The first-order chi connectivity index (χ1) is 12.7. The molecular formula is C22H29N3O. The van der Waals surface area contributed by atoms with Crippen LogP contribution in [0.5, 0.6) is 0 Å². The fourth-order valence-corrected chi connectivity index (χ4v) is 3.73. The summed E-state index contributed by atoms with van der Waals surface area (Å²) in [7, 11) is 1.64. The molecule has 2 aromatic rings. The molecule has 0 atom stereocenters. The number of nitrogens with one attached hydrogen (secondary N) is 2. The van der Waals surface area contributed by atoms with E-state index in [1.54, 1.807) is 7.05 Å². The van der Waals surface area contributed by atoms with Gasteiger partial charge in [-0.15, -0.1) is 0 Å². The molecule has 4 nitrogen and oxygen atoms in total. The second kappa shape index (κ2) is 8.86. The Morgan fingerprint density at radius 2 is 1.81 bits per heavy atom. The SMILES string of the molecule is CNC(=O)Nc1cccc(C)c1CN1CCC(Cc2ccccc2)CC1. The predicted molar refractivity (Wildman–Crippen MR) is 107 cm³/mol. The molecule has 0 saturated carbocycles. The molecule has 2 aromatic carbocycles. The molecule has 4 heteroatoms. The number of benzene rings is 2. The minimum atomic E-state index is -0.168. The van der Waals surface area contributed by atoms with E-state index in [0.717, 1.165) is 31.2 Å². The molecule has 0 unspecified atom stereocenters. The second-order valence-electron chi connectivity index (χ2n) is 7.21. The molecule has 1 saturated heterocycles. The van der Waals surface area contributed by atoms with Gasteiger partial charge in [-0.2, -0.15) is 0 Å². The third-order valence-electron chi connectivity index (χ3n) is 5.34. The topological polar surface area (TPSA) is 44.4 Å². The molecular weight excluding hydrogens is 322 g/mol. The van der Waals surface area contributed by atoms with Crippen LogP contribution in [0.2, 0.25) is 0 Å². The van der Waals surface area contributed by atoms with E-state index in [9.17, 15) is 4.79 Å². The zero-order valence-corrected chi connectivity index (χ0v) is 15.8. The van der Waals surface area contributed by atoms with Crippen molar-refractivity contribution in [3.05, 3.63) is 65.2 Å². The van der Waals surface area contributed by atoms with Gasteiger partial charge in [-0.3, -0.25) is 4.90 Å². The van der Waals surface area contributed by atoms with Crippen LogP contribution in [0, 0.1) is 12.8 Å². The maximum absolute atomic E-state index is 11.7. The minimum Gasteiger partial charge on any atom is -0.341 e. The fourth-order valence-electron chi connectivity index (χ4n) is 3.73. The number of amides is 2. The number of carbonyl (C=O) groups excluding carboxylic acids is 1. The first-order valence-electron chi connectivity index (χ1n) is 9.49. The molecule has 1 heterocycles. The number of nitrogens with zero attached hydrogens (tertiary/aromatic N) is 1. The quantitative estimate of drug-likeness (QED) is 0.848. The summed E-state index contributed by atoms with van der Waals surface area (Å²) in [6.07, 6.45) is 3.65. The smallest absolute Gasteiger partial charge is 0.318 e. The number of aryl methyl sites for hydroxylation is 1. The monoisotopic (exact) mass is 351 g/mol. The van der Waals surface area contributed by atoms with Crippen LogP contribution in [0.1, 0.15) is 29.5 Å². The van der Waals surface area contributed by atoms with Crippen LogP contribution in [-0.4, -0.2) is 31.1 Å². The number of rotatable bonds is 5. The number of hydrogen-bond acceptors (Lipinski definition) is 2. The normalized spacial score (nSPS) is 15.6. The molecule has 0 spiro atoms. The average molecular weight is 351 g/mol. The number of piperidine rings is 1. The van der Waals surface area contributed by atoms with E-state index in [4.69, 9.17) is 0 Å². The number of anilines is 1. The maximum atomic E-state index is 11.7. The highest BCUT2D eigenvalue weighted by molar-refractivity contribution is 5.90. The van der Waals surface area contributed by atoms with E-state index in [0.29, 0.717) is 0 Å². The van der Waals surface area contributed by atoms with Gasteiger partial charge in [0, 0.05) is 19.3 Å². The number of likely N-dealkylation sites (tertiary alicyclic amines) is 1. The molecule has 0 aromatic heterocycles. The first-order valence-corrected chi connectivity index (χ1v) is 9.49. The maximum Gasteiger partial charge on any atom is 0.318 e. The molecule has 0 radical (unpaired) electrons. The van der Waals surface area contributed by atoms with Gasteiger partial charge in [-0.05, 0) is 68.0 Å². The van der Waals surface area contributed by atoms with E-state index < -0.39 is 0 Å². The van der Waals surface area contributed by atoms with E-state index >= 15 is 0 Å². The van der Waals surface area contributed by atoms with E-state index in [-0.39, 0.29) is 6.03 Å². The van der Waals surface area contributed by atoms with Gasteiger partial charge in [0.05, 0.1) is 0 Å². The molecule has 2 N–H and O–H groups in total. The van der Waals surface area contributed by atoms with E-state index in [1.807, 2.05) is 12.1 Å². The van der Waals surface area contributed by atoms with Gasteiger partial charge in [-0.1, -0.05) is 42.5 Å². The summed E-state index contributed by atoms with van der Waals surface area (Å²) in [6, 6.07) is 16.7. The second-order valence-corrected chi connectivity index (χ2v) is 7.21. The lowest BCUT2D eigenvalue weighted by atomic mass is 9.90. The van der Waals surface area contributed by atoms with Crippen molar-refractivity contribution in [3.63, 3.8) is 0 Å². The Balaban J connectivity index is 1.58. The lowest BCUT2D eigenvalue weighted by molar-refractivity contribution is 0.177. The Hall–Kier alpha value is -2.33. The summed E-state index contributed by atoms with van der Waals surface area (Å²) in [4.78, 5) is 14.2. The molecule has 1 fully saturated rings. The van der Waals surface area contributed by atoms with Crippen LogP contribution in [-0.2, 0) is 13.0 Å². The molecule has 2 amide bonds. The van der Waals surface area contributed by atoms with Gasteiger partial charge in [0.1, 0.15) is 0 Å². The number of carbonyl (C=O) groups is 1. The highest BCUT2D eigenvalue weighted by atomic mass is 16.2. The molecule has 0 bridgehead atoms. The molecule has 138 valence electrons. The van der Waals surface area contributed by atoms with Gasteiger partial charge in [0.25, 0.3) is 0 Å². The minimum absolute atomic E-state index is 0.168. The van der Waals surface area contributed by atoms with Crippen molar-refractivity contribution in [3.8, 4) is 0 Å². The molecule has 1 aliphatic rings. The van der Waals surface area contributed by atoms with Crippen molar-refractivity contribution >= 4 is 11.7 Å². The largest absolute Gasteiger partial charge is 0.341 e. The van der Waals surface area contributed by atoms with Gasteiger partial charge in [0.2, 0.25) is 0 Å². The fraction of sp³-hybridized carbons (Fsp3) is 0.409. The van der Waals surface area contributed by atoms with Crippen molar-refractivity contribution in [1.29, 1.82) is 0 Å².